The quantitative estimate of drug-likeness (QED) is 0.568. The first kappa shape index (κ1) is 11.9. The van der Waals surface area contributed by atoms with Gasteiger partial charge in [0.05, 0.1) is 21.5 Å². The highest BCUT2D eigenvalue weighted by Crippen LogP contribution is 2.31. The van der Waals surface area contributed by atoms with Crippen LogP contribution in [0.15, 0.2) is 42.5 Å². The number of benzene rings is 2. The fraction of sp³-hybridized carbons (Fsp3) is 0. The van der Waals surface area contributed by atoms with E-state index >= 15 is 0 Å². The molecule has 1 aromatic heterocycles. The minimum Gasteiger partial charge on any atom is -0.338 e. The number of H-pyrrole nitrogens is 1. The number of nitro groups is 1. The molecule has 1 heterocycles. The third-order valence-corrected chi connectivity index (χ3v) is 2.98. The normalized spacial score (nSPS) is 10.3. The Kier molecular flexibility index (Phi) is 2.66. The van der Waals surface area contributed by atoms with E-state index in [2.05, 4.69) is 9.97 Å². The van der Waals surface area contributed by atoms with Gasteiger partial charge in [-0.15, -0.1) is 0 Å². The van der Waals surface area contributed by atoms with Crippen LogP contribution in [-0.2, 0) is 0 Å². The van der Waals surface area contributed by atoms with Gasteiger partial charge in [-0.1, -0.05) is 18.2 Å². The fourth-order valence-electron chi connectivity index (χ4n) is 2.10. The summed E-state index contributed by atoms with van der Waals surface area (Å²) in [7, 11) is 0. The molecule has 2 aromatic carbocycles. The van der Waals surface area contributed by atoms with E-state index in [0.29, 0.717) is 11.4 Å². The number of hydrogen-bond donors (Lipinski definition) is 1. The molecule has 0 saturated carbocycles. The lowest BCUT2D eigenvalue weighted by molar-refractivity contribution is -0.384. The maximum atomic E-state index is 11.2. The van der Waals surface area contributed by atoms with Crippen LogP contribution in [0.3, 0.4) is 0 Å². The molecule has 0 bridgehead atoms. The number of aromatic nitrogens is 2. The Hall–Kier alpha value is -3.20. The van der Waals surface area contributed by atoms with E-state index in [-0.39, 0.29) is 11.3 Å². The van der Waals surface area contributed by atoms with E-state index in [0.717, 1.165) is 11.0 Å². The standard InChI is InChI=1S/C14H8N4O2/c15-8-9-4-3-5-10(13(9)18(19)20)14-16-11-6-1-2-7-12(11)17-14/h1-7H,(H,16,17). The van der Waals surface area contributed by atoms with Gasteiger partial charge in [0.1, 0.15) is 17.5 Å². The molecule has 0 saturated heterocycles. The third-order valence-electron chi connectivity index (χ3n) is 2.98. The summed E-state index contributed by atoms with van der Waals surface area (Å²) in [5.41, 5.74) is 1.62. The van der Waals surface area contributed by atoms with Gasteiger partial charge in [-0.2, -0.15) is 5.26 Å². The highest BCUT2D eigenvalue weighted by molar-refractivity contribution is 5.82. The molecule has 3 aromatic rings. The molecule has 0 atom stereocenters. The number of fused-ring (bicyclic) bond motifs is 1. The van der Waals surface area contributed by atoms with Crippen LogP contribution in [0.1, 0.15) is 5.56 Å². The van der Waals surface area contributed by atoms with E-state index in [1.165, 1.54) is 6.07 Å². The van der Waals surface area contributed by atoms with Crippen LogP contribution in [0.5, 0.6) is 0 Å². The molecule has 0 spiro atoms. The maximum absolute atomic E-state index is 11.2. The van der Waals surface area contributed by atoms with Crippen molar-refractivity contribution in [1.29, 1.82) is 5.26 Å². The first-order chi connectivity index (χ1) is 9.70. The fourth-order valence-corrected chi connectivity index (χ4v) is 2.10. The topological polar surface area (TPSA) is 95.6 Å². The van der Waals surface area contributed by atoms with Gasteiger partial charge in [-0.3, -0.25) is 10.1 Å². The average Bonchev–Trinajstić information content (AvgIpc) is 2.90. The molecular weight excluding hydrogens is 256 g/mol. The van der Waals surface area contributed by atoms with Crippen LogP contribution < -0.4 is 0 Å². The summed E-state index contributed by atoms with van der Waals surface area (Å²) >= 11 is 0. The molecule has 0 aliphatic rings. The van der Waals surface area contributed by atoms with Crippen molar-refractivity contribution >= 4 is 16.7 Å². The van der Waals surface area contributed by atoms with Gasteiger partial charge in [0, 0.05) is 0 Å². The van der Waals surface area contributed by atoms with Crippen molar-refractivity contribution in [3.05, 3.63) is 58.1 Å². The molecule has 0 fully saturated rings. The minimum absolute atomic E-state index is 0.0213. The van der Waals surface area contributed by atoms with Gasteiger partial charge >= 0.3 is 0 Å². The second-order valence-corrected chi connectivity index (χ2v) is 4.17. The van der Waals surface area contributed by atoms with Crippen molar-refractivity contribution in [1.82, 2.24) is 9.97 Å². The maximum Gasteiger partial charge on any atom is 0.297 e. The van der Waals surface area contributed by atoms with Gasteiger partial charge < -0.3 is 4.98 Å². The summed E-state index contributed by atoms with van der Waals surface area (Å²) < 4.78 is 0. The van der Waals surface area contributed by atoms with Gasteiger partial charge in [-0.25, -0.2) is 4.98 Å². The van der Waals surface area contributed by atoms with Gasteiger partial charge in [0.25, 0.3) is 5.69 Å². The van der Waals surface area contributed by atoms with Crippen molar-refractivity contribution in [3.8, 4) is 17.5 Å². The summed E-state index contributed by atoms with van der Waals surface area (Å²) in [6, 6.07) is 13.8. The Balaban J connectivity index is 2.29. The Morgan fingerprint density at radius 1 is 1.20 bits per heavy atom. The Morgan fingerprint density at radius 3 is 2.70 bits per heavy atom. The summed E-state index contributed by atoms with van der Waals surface area (Å²) in [5, 5.41) is 20.2. The zero-order valence-corrected chi connectivity index (χ0v) is 10.2. The van der Waals surface area contributed by atoms with Crippen LogP contribution in [0.4, 0.5) is 5.69 Å². The van der Waals surface area contributed by atoms with E-state index < -0.39 is 4.92 Å². The first-order valence-corrected chi connectivity index (χ1v) is 5.83. The number of nitrogens with one attached hydrogen (secondary N) is 1. The van der Waals surface area contributed by atoms with E-state index in [4.69, 9.17) is 5.26 Å². The van der Waals surface area contributed by atoms with Crippen LogP contribution in [0.2, 0.25) is 0 Å². The molecule has 0 amide bonds. The minimum atomic E-state index is -0.554. The number of nitro benzene ring substituents is 1. The second-order valence-electron chi connectivity index (χ2n) is 4.17. The predicted molar refractivity (Wildman–Crippen MR) is 72.9 cm³/mol. The molecule has 0 aliphatic carbocycles. The molecule has 96 valence electrons. The van der Waals surface area contributed by atoms with Crippen LogP contribution >= 0.6 is 0 Å². The lowest BCUT2D eigenvalue weighted by Crippen LogP contribution is -1.96. The summed E-state index contributed by atoms with van der Waals surface area (Å²) in [4.78, 5) is 18.0. The zero-order chi connectivity index (χ0) is 14.1. The number of imidazole rings is 1. The molecule has 6 nitrogen and oxygen atoms in total. The SMILES string of the molecule is N#Cc1cccc(-c2nc3ccccc3[nH]2)c1[N+](=O)[O-]. The summed E-state index contributed by atoms with van der Waals surface area (Å²) in [5.74, 6) is 0.384. The monoisotopic (exact) mass is 264 g/mol. The molecule has 0 radical (unpaired) electrons. The Morgan fingerprint density at radius 2 is 2.00 bits per heavy atom. The molecule has 20 heavy (non-hydrogen) atoms. The van der Waals surface area contributed by atoms with Crippen molar-refractivity contribution < 1.29 is 4.92 Å². The first-order valence-electron chi connectivity index (χ1n) is 5.83. The van der Waals surface area contributed by atoms with Crippen molar-refractivity contribution in [3.63, 3.8) is 0 Å². The van der Waals surface area contributed by atoms with E-state index in [1.54, 1.807) is 12.1 Å². The summed E-state index contributed by atoms with van der Waals surface area (Å²) in [6.45, 7) is 0. The van der Waals surface area contributed by atoms with Crippen molar-refractivity contribution in [2.45, 2.75) is 0 Å². The molecule has 0 aliphatic heterocycles. The zero-order valence-electron chi connectivity index (χ0n) is 10.2. The predicted octanol–water partition coefficient (Wildman–Crippen LogP) is 3.01. The number of nitriles is 1. The van der Waals surface area contributed by atoms with Crippen molar-refractivity contribution in [2.75, 3.05) is 0 Å². The number of nitrogens with zero attached hydrogens (tertiary/aromatic N) is 3. The second kappa shape index (κ2) is 4.48. The molecule has 6 heteroatoms. The van der Waals surface area contributed by atoms with Gasteiger partial charge in [0.15, 0.2) is 0 Å². The summed E-state index contributed by atoms with van der Waals surface area (Å²) in [6.07, 6.45) is 0. The number of aromatic amines is 1. The molecule has 1 N–H and O–H groups in total. The Bertz CT molecular complexity index is 828. The third kappa shape index (κ3) is 1.78. The van der Waals surface area contributed by atoms with Gasteiger partial charge in [-0.05, 0) is 24.3 Å². The lowest BCUT2D eigenvalue weighted by atomic mass is 10.1. The molecular formula is C14H8N4O2. The smallest absolute Gasteiger partial charge is 0.297 e. The molecule has 3 rings (SSSR count). The van der Waals surface area contributed by atoms with Crippen LogP contribution in [0.25, 0.3) is 22.4 Å². The van der Waals surface area contributed by atoms with Crippen molar-refractivity contribution in [2.24, 2.45) is 0 Å². The molecule has 0 unspecified atom stereocenters. The van der Waals surface area contributed by atoms with Crippen LogP contribution in [-0.4, -0.2) is 14.9 Å². The van der Waals surface area contributed by atoms with E-state index in [9.17, 15) is 10.1 Å². The lowest BCUT2D eigenvalue weighted by Gasteiger charge is -2.00. The highest BCUT2D eigenvalue weighted by atomic mass is 16.6. The number of hydrogen-bond acceptors (Lipinski definition) is 4. The number of rotatable bonds is 2. The van der Waals surface area contributed by atoms with Crippen LogP contribution in [0, 0.1) is 21.4 Å². The number of para-hydroxylation sites is 3. The average molecular weight is 264 g/mol. The Labute approximate surface area is 113 Å². The van der Waals surface area contributed by atoms with E-state index in [1.807, 2.05) is 30.3 Å². The highest BCUT2D eigenvalue weighted by Gasteiger charge is 2.22. The largest absolute Gasteiger partial charge is 0.338 e. The van der Waals surface area contributed by atoms with Gasteiger partial charge in [0.2, 0.25) is 0 Å².